The van der Waals surface area contributed by atoms with Crippen LogP contribution in [0.1, 0.15) is 42.9 Å². The molecule has 1 aliphatic heterocycles. The fourth-order valence-electron chi connectivity index (χ4n) is 4.73. The fraction of sp³-hybridized carbons (Fsp3) is 0.310. The predicted molar refractivity (Wildman–Crippen MR) is 140 cm³/mol. The van der Waals surface area contributed by atoms with Crippen LogP contribution in [0.2, 0.25) is 0 Å². The van der Waals surface area contributed by atoms with Gasteiger partial charge < -0.3 is 5.32 Å². The van der Waals surface area contributed by atoms with Crippen molar-refractivity contribution in [2.24, 2.45) is 4.99 Å². The number of halogens is 1. The predicted octanol–water partition coefficient (Wildman–Crippen LogP) is 5.14. The monoisotopic (exact) mass is 470 g/mol. The number of hydrogen-bond donors (Lipinski definition) is 1. The largest absolute Gasteiger partial charge is 0.365 e. The normalized spacial score (nSPS) is 15.4. The highest BCUT2D eigenvalue weighted by molar-refractivity contribution is 6.02. The second-order valence-corrected chi connectivity index (χ2v) is 9.26. The molecule has 2 heterocycles. The SMILES string of the molecule is CCCCn1c(=O)n(Cc2ccc(F)cc2)c2cc(C3=NCC(CCc4ccccc4)N3)ccc21. The molecule has 4 aromatic rings. The van der Waals surface area contributed by atoms with Gasteiger partial charge in [-0.2, -0.15) is 0 Å². The number of aromatic nitrogens is 2. The Morgan fingerprint density at radius 3 is 2.54 bits per heavy atom. The Balaban J connectivity index is 1.41. The molecule has 1 aromatic heterocycles. The van der Waals surface area contributed by atoms with Crippen LogP contribution in [0.25, 0.3) is 11.0 Å². The lowest BCUT2D eigenvalue weighted by Gasteiger charge is -2.12. The maximum Gasteiger partial charge on any atom is 0.329 e. The van der Waals surface area contributed by atoms with Crippen molar-refractivity contribution in [1.29, 1.82) is 0 Å². The molecular weight excluding hydrogens is 439 g/mol. The van der Waals surface area contributed by atoms with Gasteiger partial charge in [-0.1, -0.05) is 55.8 Å². The maximum absolute atomic E-state index is 13.4. The molecule has 0 aliphatic carbocycles. The Hall–Kier alpha value is -3.67. The molecule has 0 saturated heterocycles. The van der Waals surface area contributed by atoms with Gasteiger partial charge in [0, 0.05) is 18.2 Å². The summed E-state index contributed by atoms with van der Waals surface area (Å²) in [6, 6.07) is 23.3. The van der Waals surface area contributed by atoms with E-state index in [0.29, 0.717) is 19.1 Å². The van der Waals surface area contributed by atoms with Crippen LogP contribution in [0.5, 0.6) is 0 Å². The summed E-state index contributed by atoms with van der Waals surface area (Å²) in [6.07, 6.45) is 3.98. The van der Waals surface area contributed by atoms with Crippen LogP contribution in [0.4, 0.5) is 4.39 Å². The van der Waals surface area contributed by atoms with Gasteiger partial charge in [-0.05, 0) is 60.7 Å². The number of fused-ring (bicyclic) bond motifs is 1. The van der Waals surface area contributed by atoms with Gasteiger partial charge in [0.15, 0.2) is 0 Å². The van der Waals surface area contributed by atoms with Gasteiger partial charge >= 0.3 is 5.69 Å². The molecule has 0 fully saturated rings. The van der Waals surface area contributed by atoms with Crippen molar-refractivity contribution in [2.45, 2.75) is 51.7 Å². The van der Waals surface area contributed by atoms with Crippen LogP contribution in [-0.4, -0.2) is 27.6 Å². The van der Waals surface area contributed by atoms with Crippen LogP contribution < -0.4 is 11.0 Å². The van der Waals surface area contributed by atoms with E-state index in [1.54, 1.807) is 16.7 Å². The number of imidazole rings is 1. The Labute approximate surface area is 204 Å². The topological polar surface area (TPSA) is 51.3 Å². The molecule has 0 saturated carbocycles. The molecule has 6 heteroatoms. The number of hydrogen-bond acceptors (Lipinski definition) is 3. The minimum Gasteiger partial charge on any atom is -0.365 e. The number of aliphatic imine (C=N–C) groups is 1. The number of rotatable bonds is 9. The number of unbranched alkanes of at least 4 members (excludes halogenated alkanes) is 1. The zero-order chi connectivity index (χ0) is 24.2. The smallest absolute Gasteiger partial charge is 0.329 e. The number of benzene rings is 3. The summed E-state index contributed by atoms with van der Waals surface area (Å²) in [7, 11) is 0. The molecule has 0 radical (unpaired) electrons. The number of aryl methyl sites for hydroxylation is 2. The Morgan fingerprint density at radius 1 is 0.971 bits per heavy atom. The van der Waals surface area contributed by atoms with E-state index in [9.17, 15) is 9.18 Å². The molecule has 1 N–H and O–H groups in total. The Morgan fingerprint density at radius 2 is 1.77 bits per heavy atom. The van der Waals surface area contributed by atoms with Crippen molar-refractivity contribution < 1.29 is 4.39 Å². The first-order chi connectivity index (χ1) is 17.1. The average molecular weight is 471 g/mol. The third-order valence-electron chi connectivity index (χ3n) is 6.72. The van der Waals surface area contributed by atoms with Crippen molar-refractivity contribution >= 4 is 16.9 Å². The number of amidine groups is 1. The van der Waals surface area contributed by atoms with Crippen molar-refractivity contribution in [3.05, 3.63) is 106 Å². The molecule has 1 aliphatic rings. The summed E-state index contributed by atoms with van der Waals surface area (Å²) in [5, 5.41) is 3.59. The summed E-state index contributed by atoms with van der Waals surface area (Å²) < 4.78 is 17.1. The zero-order valence-electron chi connectivity index (χ0n) is 20.1. The Bertz CT molecular complexity index is 1390. The van der Waals surface area contributed by atoms with Crippen molar-refractivity contribution in [3.8, 4) is 0 Å². The quantitative estimate of drug-likeness (QED) is 0.368. The third-order valence-corrected chi connectivity index (χ3v) is 6.72. The molecule has 1 atom stereocenters. The van der Waals surface area contributed by atoms with Crippen LogP contribution in [0.3, 0.4) is 0 Å². The first-order valence-corrected chi connectivity index (χ1v) is 12.4. The summed E-state index contributed by atoms with van der Waals surface area (Å²) in [5.41, 5.74) is 4.99. The van der Waals surface area contributed by atoms with Gasteiger partial charge in [-0.3, -0.25) is 14.1 Å². The second kappa shape index (κ2) is 10.3. The molecule has 180 valence electrons. The van der Waals surface area contributed by atoms with Gasteiger partial charge in [-0.15, -0.1) is 0 Å². The van der Waals surface area contributed by atoms with Crippen molar-refractivity contribution in [2.75, 3.05) is 6.54 Å². The van der Waals surface area contributed by atoms with Crippen molar-refractivity contribution in [1.82, 2.24) is 14.5 Å². The van der Waals surface area contributed by atoms with E-state index in [1.165, 1.54) is 17.7 Å². The standard InChI is InChI=1S/C29H31FN4O/c1-2-3-17-33-26-16-12-23(28-31-19-25(32-28)15-11-21-7-5-4-6-8-21)18-27(26)34(29(33)35)20-22-9-13-24(30)14-10-22/h4-10,12-14,16,18,25H,2-3,11,15,17,19-20H2,1H3,(H,31,32). The van der Waals surface area contributed by atoms with E-state index in [2.05, 4.69) is 48.6 Å². The molecule has 3 aromatic carbocycles. The molecule has 0 amide bonds. The molecule has 5 nitrogen and oxygen atoms in total. The van der Waals surface area contributed by atoms with Gasteiger partial charge in [-0.25, -0.2) is 9.18 Å². The summed E-state index contributed by atoms with van der Waals surface area (Å²) in [6.45, 7) is 3.96. The highest BCUT2D eigenvalue weighted by Gasteiger charge is 2.20. The molecular formula is C29H31FN4O. The minimum absolute atomic E-state index is 0.0306. The summed E-state index contributed by atoms with van der Waals surface area (Å²) >= 11 is 0. The summed E-state index contributed by atoms with van der Waals surface area (Å²) in [5.74, 6) is 0.605. The fourth-order valence-corrected chi connectivity index (χ4v) is 4.73. The third kappa shape index (κ3) is 5.06. The summed E-state index contributed by atoms with van der Waals surface area (Å²) in [4.78, 5) is 18.2. The lowest BCUT2D eigenvalue weighted by Crippen LogP contribution is -2.31. The van der Waals surface area contributed by atoms with E-state index in [4.69, 9.17) is 4.99 Å². The zero-order valence-corrected chi connectivity index (χ0v) is 20.1. The minimum atomic E-state index is -0.277. The van der Waals surface area contributed by atoms with E-state index in [0.717, 1.165) is 60.2 Å². The maximum atomic E-state index is 13.4. The van der Waals surface area contributed by atoms with Gasteiger partial charge in [0.2, 0.25) is 0 Å². The van der Waals surface area contributed by atoms with Gasteiger partial charge in [0.05, 0.1) is 24.1 Å². The Kier molecular flexibility index (Phi) is 6.80. The number of nitrogens with zero attached hydrogens (tertiary/aromatic N) is 3. The molecule has 5 rings (SSSR count). The molecule has 0 bridgehead atoms. The van der Waals surface area contributed by atoms with Crippen molar-refractivity contribution in [3.63, 3.8) is 0 Å². The lowest BCUT2D eigenvalue weighted by molar-refractivity contribution is 0.601. The average Bonchev–Trinajstić information content (AvgIpc) is 3.46. The lowest BCUT2D eigenvalue weighted by atomic mass is 10.1. The van der Waals surface area contributed by atoms with Gasteiger partial charge in [0.25, 0.3) is 0 Å². The molecule has 35 heavy (non-hydrogen) atoms. The van der Waals surface area contributed by atoms with Crippen LogP contribution in [0.15, 0.2) is 82.6 Å². The second-order valence-electron chi connectivity index (χ2n) is 9.26. The number of nitrogens with one attached hydrogen (secondary N) is 1. The van der Waals surface area contributed by atoms with E-state index < -0.39 is 0 Å². The van der Waals surface area contributed by atoms with E-state index in [-0.39, 0.29) is 11.5 Å². The van der Waals surface area contributed by atoms with Crippen LogP contribution >= 0.6 is 0 Å². The molecule has 0 spiro atoms. The van der Waals surface area contributed by atoms with E-state index >= 15 is 0 Å². The molecule has 1 unspecified atom stereocenters. The van der Waals surface area contributed by atoms with Gasteiger partial charge in [0.1, 0.15) is 11.7 Å². The highest BCUT2D eigenvalue weighted by Crippen LogP contribution is 2.20. The van der Waals surface area contributed by atoms with Crippen LogP contribution in [-0.2, 0) is 19.5 Å². The highest BCUT2D eigenvalue weighted by atomic mass is 19.1. The first kappa shape index (κ1) is 23.1. The van der Waals surface area contributed by atoms with Crippen LogP contribution in [0, 0.1) is 5.82 Å². The van der Waals surface area contributed by atoms with E-state index in [1.807, 2.05) is 16.7 Å². The first-order valence-electron chi connectivity index (χ1n) is 12.4.